The first-order valence-corrected chi connectivity index (χ1v) is 6.11. The second-order valence-corrected chi connectivity index (χ2v) is 4.54. The van der Waals surface area contributed by atoms with Gasteiger partial charge in [0.1, 0.15) is 6.61 Å². The normalized spacial score (nSPS) is 17.3. The summed E-state index contributed by atoms with van der Waals surface area (Å²) in [4.78, 5) is 12.3. The van der Waals surface area contributed by atoms with E-state index < -0.39 is 6.10 Å². The molecule has 0 saturated carbocycles. The van der Waals surface area contributed by atoms with E-state index in [2.05, 4.69) is 5.10 Å². The van der Waals surface area contributed by atoms with E-state index in [-0.39, 0.29) is 12.5 Å². The molecule has 0 amide bonds. The van der Waals surface area contributed by atoms with Crippen LogP contribution in [0.1, 0.15) is 16.2 Å². The second-order valence-electron chi connectivity index (χ2n) is 4.54. The van der Waals surface area contributed by atoms with Crippen molar-refractivity contribution >= 4 is 5.91 Å². The van der Waals surface area contributed by atoms with Crippen molar-refractivity contribution in [2.45, 2.75) is 20.0 Å². The molecule has 1 aliphatic rings. The highest BCUT2D eigenvalue weighted by Crippen LogP contribution is 2.31. The van der Waals surface area contributed by atoms with Gasteiger partial charge in [0, 0.05) is 5.69 Å². The van der Waals surface area contributed by atoms with Gasteiger partial charge in [-0.3, -0.25) is 4.79 Å². The Kier molecular flexibility index (Phi) is 2.74. The zero-order chi connectivity index (χ0) is 13.4. The van der Waals surface area contributed by atoms with Crippen molar-refractivity contribution in [1.29, 1.82) is 0 Å². The highest BCUT2D eigenvalue weighted by molar-refractivity contribution is 5.84. The topological polar surface area (TPSA) is 53.4 Å². The Morgan fingerprint density at radius 1 is 1.32 bits per heavy atom. The first-order valence-electron chi connectivity index (χ1n) is 6.11. The second kappa shape index (κ2) is 4.42. The highest BCUT2D eigenvalue weighted by Gasteiger charge is 2.29. The number of rotatable bonds is 1. The van der Waals surface area contributed by atoms with Gasteiger partial charge in [-0.25, -0.2) is 4.68 Å². The van der Waals surface area contributed by atoms with Crippen LogP contribution in [-0.4, -0.2) is 28.4 Å². The molecule has 0 bridgehead atoms. The van der Waals surface area contributed by atoms with Gasteiger partial charge in [0.25, 0.3) is 5.91 Å². The number of benzene rings is 1. The summed E-state index contributed by atoms with van der Waals surface area (Å²) in [5.41, 5.74) is 1.60. The molecular weight excluding hydrogens is 244 g/mol. The predicted octanol–water partition coefficient (Wildman–Crippen LogP) is 1.98. The van der Waals surface area contributed by atoms with Gasteiger partial charge in [-0.05, 0) is 32.0 Å². The summed E-state index contributed by atoms with van der Waals surface area (Å²) in [5, 5.41) is 4.17. The van der Waals surface area contributed by atoms with Crippen molar-refractivity contribution in [3.05, 3.63) is 41.7 Å². The third kappa shape index (κ3) is 2.07. The Morgan fingerprint density at radius 2 is 2.05 bits per heavy atom. The first kappa shape index (κ1) is 11.8. The fourth-order valence-electron chi connectivity index (χ4n) is 2.13. The third-order valence-corrected chi connectivity index (χ3v) is 3.00. The highest BCUT2D eigenvalue weighted by atomic mass is 16.6. The maximum absolute atomic E-state index is 12.3. The zero-order valence-electron chi connectivity index (χ0n) is 10.8. The maximum atomic E-state index is 12.3. The van der Waals surface area contributed by atoms with Gasteiger partial charge in [0.05, 0.1) is 5.69 Å². The molecule has 0 saturated heterocycles. The van der Waals surface area contributed by atoms with E-state index >= 15 is 0 Å². The molecule has 1 atom stereocenters. The Labute approximate surface area is 110 Å². The van der Waals surface area contributed by atoms with Crippen molar-refractivity contribution in [3.63, 3.8) is 0 Å². The summed E-state index contributed by atoms with van der Waals surface area (Å²) in [7, 11) is 0. The van der Waals surface area contributed by atoms with E-state index in [0.717, 1.165) is 11.4 Å². The van der Waals surface area contributed by atoms with E-state index in [1.54, 1.807) is 6.07 Å². The Morgan fingerprint density at radius 3 is 2.74 bits per heavy atom. The first-order chi connectivity index (χ1) is 9.15. The van der Waals surface area contributed by atoms with Crippen LogP contribution < -0.4 is 9.47 Å². The van der Waals surface area contributed by atoms with Crippen LogP contribution in [0.15, 0.2) is 30.3 Å². The number of fused-ring (bicyclic) bond motifs is 1. The minimum absolute atomic E-state index is 0.203. The quantitative estimate of drug-likeness (QED) is 0.784. The standard InChI is InChI=1S/C14H14N2O3/c1-9-7-10(2)16(15-9)14(17)13-8-18-11-5-3-4-6-12(11)19-13/h3-7,13H,8H2,1-2H3/t13-/m1/s1. The number of aryl methyl sites for hydroxylation is 2. The van der Waals surface area contributed by atoms with Gasteiger partial charge in [-0.2, -0.15) is 5.10 Å². The van der Waals surface area contributed by atoms with Crippen LogP contribution in [0.3, 0.4) is 0 Å². The summed E-state index contributed by atoms with van der Waals surface area (Å²) in [6.45, 7) is 3.90. The number of hydrogen-bond donors (Lipinski definition) is 0. The van der Waals surface area contributed by atoms with Crippen LogP contribution in [-0.2, 0) is 0 Å². The Bertz CT molecular complexity index is 633. The molecule has 0 aliphatic carbocycles. The minimum Gasteiger partial charge on any atom is -0.485 e. The summed E-state index contributed by atoms with van der Waals surface area (Å²) >= 11 is 0. The average Bonchev–Trinajstić information content (AvgIpc) is 2.76. The summed E-state index contributed by atoms with van der Waals surface area (Å²) in [5.74, 6) is 1.05. The molecule has 3 rings (SSSR count). The van der Waals surface area contributed by atoms with Crippen molar-refractivity contribution in [2.24, 2.45) is 0 Å². The Balaban J connectivity index is 1.85. The van der Waals surface area contributed by atoms with E-state index in [4.69, 9.17) is 9.47 Å². The number of hydrogen-bond acceptors (Lipinski definition) is 4. The van der Waals surface area contributed by atoms with E-state index in [9.17, 15) is 4.79 Å². The molecule has 0 spiro atoms. The summed E-state index contributed by atoms with van der Waals surface area (Å²) in [6.07, 6.45) is -0.659. The predicted molar refractivity (Wildman–Crippen MR) is 68.7 cm³/mol. The van der Waals surface area contributed by atoms with Gasteiger partial charge in [0.15, 0.2) is 11.5 Å². The smallest absolute Gasteiger partial charge is 0.291 e. The third-order valence-electron chi connectivity index (χ3n) is 3.00. The SMILES string of the molecule is Cc1cc(C)n(C(=O)[C@H]2COc3ccccc3O2)n1. The number of para-hydroxylation sites is 2. The van der Waals surface area contributed by atoms with Crippen LogP contribution in [0, 0.1) is 13.8 Å². The molecule has 0 radical (unpaired) electrons. The van der Waals surface area contributed by atoms with Crippen LogP contribution in [0.4, 0.5) is 0 Å². The maximum Gasteiger partial charge on any atom is 0.291 e. The number of carbonyl (C=O) groups excluding carboxylic acids is 1. The average molecular weight is 258 g/mol. The van der Waals surface area contributed by atoms with Crippen LogP contribution >= 0.6 is 0 Å². The lowest BCUT2D eigenvalue weighted by Crippen LogP contribution is -2.40. The molecule has 2 heterocycles. The van der Waals surface area contributed by atoms with Crippen LogP contribution in [0.5, 0.6) is 11.5 Å². The molecule has 98 valence electrons. The fourth-order valence-corrected chi connectivity index (χ4v) is 2.13. The fraction of sp³-hybridized carbons (Fsp3) is 0.286. The monoisotopic (exact) mass is 258 g/mol. The van der Waals surface area contributed by atoms with Crippen LogP contribution in [0.25, 0.3) is 0 Å². The Hall–Kier alpha value is -2.30. The van der Waals surface area contributed by atoms with E-state index in [1.165, 1.54) is 4.68 Å². The largest absolute Gasteiger partial charge is 0.485 e. The van der Waals surface area contributed by atoms with Gasteiger partial charge < -0.3 is 9.47 Å². The summed E-state index contributed by atoms with van der Waals surface area (Å²) in [6, 6.07) is 9.18. The molecule has 5 nitrogen and oxygen atoms in total. The molecule has 0 N–H and O–H groups in total. The molecule has 0 unspecified atom stereocenters. The lowest BCUT2D eigenvalue weighted by Gasteiger charge is -2.25. The van der Waals surface area contributed by atoms with Crippen molar-refractivity contribution in [2.75, 3.05) is 6.61 Å². The molecule has 1 aliphatic heterocycles. The van der Waals surface area contributed by atoms with E-state index in [1.807, 2.05) is 38.1 Å². The lowest BCUT2D eigenvalue weighted by atomic mass is 10.2. The molecule has 5 heteroatoms. The zero-order valence-corrected chi connectivity index (χ0v) is 10.8. The molecule has 1 aromatic heterocycles. The van der Waals surface area contributed by atoms with Crippen molar-refractivity contribution < 1.29 is 14.3 Å². The van der Waals surface area contributed by atoms with Gasteiger partial charge in [-0.15, -0.1) is 0 Å². The van der Waals surface area contributed by atoms with E-state index in [0.29, 0.717) is 11.5 Å². The van der Waals surface area contributed by atoms with Crippen molar-refractivity contribution in [1.82, 2.24) is 9.78 Å². The minimum atomic E-state index is -0.659. The number of ether oxygens (including phenoxy) is 2. The molecule has 19 heavy (non-hydrogen) atoms. The molecular formula is C14H14N2O3. The lowest BCUT2D eigenvalue weighted by molar-refractivity contribution is 0.0482. The molecule has 1 aromatic carbocycles. The van der Waals surface area contributed by atoms with Gasteiger partial charge in [-0.1, -0.05) is 12.1 Å². The van der Waals surface area contributed by atoms with Crippen LogP contribution in [0.2, 0.25) is 0 Å². The summed E-state index contributed by atoms with van der Waals surface area (Å²) < 4.78 is 12.6. The number of nitrogens with zero attached hydrogens (tertiary/aromatic N) is 2. The van der Waals surface area contributed by atoms with Gasteiger partial charge >= 0.3 is 0 Å². The van der Waals surface area contributed by atoms with Crippen molar-refractivity contribution in [3.8, 4) is 11.5 Å². The van der Waals surface area contributed by atoms with Gasteiger partial charge in [0.2, 0.25) is 6.10 Å². The number of carbonyl (C=O) groups is 1. The molecule has 2 aromatic rings. The molecule has 0 fully saturated rings. The number of aromatic nitrogens is 2.